The van der Waals surface area contributed by atoms with E-state index in [1.807, 2.05) is 6.21 Å². The first-order valence-corrected chi connectivity index (χ1v) is 8.00. The summed E-state index contributed by atoms with van der Waals surface area (Å²) < 4.78 is 14.7. The van der Waals surface area contributed by atoms with E-state index in [1.165, 1.54) is 28.7 Å². The van der Waals surface area contributed by atoms with Crippen molar-refractivity contribution >= 4 is 28.2 Å². The molecule has 0 aliphatic heterocycles. The van der Waals surface area contributed by atoms with Gasteiger partial charge in [0, 0.05) is 17.1 Å². The molecule has 2 aromatic heterocycles. The smallest absolute Gasteiger partial charge is 0.298 e. The normalized spacial score (nSPS) is 18.6. The molecule has 0 bridgehead atoms. The van der Waals surface area contributed by atoms with Gasteiger partial charge in [-0.15, -0.1) is 0 Å². The van der Waals surface area contributed by atoms with E-state index < -0.39 is 0 Å². The highest BCUT2D eigenvalue weighted by Crippen LogP contribution is 2.23. The Morgan fingerprint density at radius 3 is 3.12 bits per heavy atom. The van der Waals surface area contributed by atoms with Gasteiger partial charge >= 0.3 is 0 Å². The zero-order valence-corrected chi connectivity index (χ0v) is 13.3. The van der Waals surface area contributed by atoms with Crippen molar-refractivity contribution in [2.24, 2.45) is 11.0 Å². The van der Waals surface area contributed by atoms with E-state index in [-0.39, 0.29) is 11.4 Å². The minimum absolute atomic E-state index is 0.282. The molecule has 122 valence electrons. The van der Waals surface area contributed by atoms with Gasteiger partial charge in [0.2, 0.25) is 0 Å². The Balaban J connectivity index is 1.73. The minimum Gasteiger partial charge on any atom is -0.349 e. The third-order valence-electron chi connectivity index (χ3n) is 4.53. The third kappa shape index (κ3) is 2.54. The first-order valence-electron chi connectivity index (χ1n) is 8.00. The predicted molar refractivity (Wildman–Crippen MR) is 92.8 cm³/mol. The van der Waals surface area contributed by atoms with Crippen LogP contribution < -0.4 is 5.56 Å². The maximum absolute atomic E-state index is 13.4. The van der Waals surface area contributed by atoms with Gasteiger partial charge in [-0.25, -0.2) is 9.37 Å². The summed E-state index contributed by atoms with van der Waals surface area (Å²) in [5.74, 6) is -0.0128. The van der Waals surface area contributed by atoms with Crippen LogP contribution in [0, 0.1) is 11.7 Å². The zero-order valence-electron chi connectivity index (χ0n) is 13.3. The lowest BCUT2D eigenvalue weighted by molar-refractivity contribution is 0.602. The van der Waals surface area contributed by atoms with Gasteiger partial charge in [0.1, 0.15) is 23.2 Å². The maximum atomic E-state index is 13.4. The number of nitrogens with zero attached hydrogens (tertiary/aromatic N) is 3. The number of fused-ring (bicyclic) bond motifs is 3. The van der Waals surface area contributed by atoms with Crippen LogP contribution in [0.15, 0.2) is 46.1 Å². The van der Waals surface area contributed by atoms with Crippen LogP contribution in [0.4, 0.5) is 4.39 Å². The number of aromatic amines is 1. The van der Waals surface area contributed by atoms with Crippen molar-refractivity contribution in [3.63, 3.8) is 0 Å². The zero-order chi connectivity index (χ0) is 16.7. The van der Waals surface area contributed by atoms with Gasteiger partial charge in [-0.1, -0.05) is 11.6 Å². The Morgan fingerprint density at radius 2 is 2.33 bits per heavy atom. The summed E-state index contributed by atoms with van der Waals surface area (Å²) in [5, 5.41) is 4.89. The van der Waals surface area contributed by atoms with Crippen molar-refractivity contribution in [1.29, 1.82) is 0 Å². The number of allylic oxidation sites excluding steroid dienone is 2. The lowest BCUT2D eigenvalue weighted by atomic mass is 9.91. The topological polar surface area (TPSA) is 63.0 Å². The van der Waals surface area contributed by atoms with Crippen LogP contribution in [0.1, 0.15) is 26.2 Å². The highest BCUT2D eigenvalue weighted by Gasteiger charge is 2.13. The van der Waals surface area contributed by atoms with E-state index in [0.29, 0.717) is 27.9 Å². The van der Waals surface area contributed by atoms with E-state index in [9.17, 15) is 9.18 Å². The minimum atomic E-state index is -0.354. The molecule has 0 saturated carbocycles. The van der Waals surface area contributed by atoms with E-state index in [1.54, 1.807) is 6.07 Å². The van der Waals surface area contributed by atoms with Gasteiger partial charge in [-0.3, -0.25) is 4.79 Å². The van der Waals surface area contributed by atoms with Gasteiger partial charge in [-0.05, 0) is 50.3 Å². The van der Waals surface area contributed by atoms with Crippen LogP contribution in [0.25, 0.3) is 21.9 Å². The second kappa shape index (κ2) is 5.70. The van der Waals surface area contributed by atoms with Crippen molar-refractivity contribution in [3.8, 4) is 0 Å². The summed E-state index contributed by atoms with van der Waals surface area (Å²) in [6.07, 6.45) is 8.49. The predicted octanol–water partition coefficient (Wildman–Crippen LogP) is 3.60. The quantitative estimate of drug-likeness (QED) is 0.578. The average molecular weight is 324 g/mol. The Labute approximate surface area is 137 Å². The largest absolute Gasteiger partial charge is 0.349 e. The molecule has 24 heavy (non-hydrogen) atoms. The maximum Gasteiger partial charge on any atom is 0.298 e. The van der Waals surface area contributed by atoms with Gasteiger partial charge in [0.25, 0.3) is 5.56 Å². The molecule has 1 unspecified atom stereocenters. The molecule has 0 saturated heterocycles. The van der Waals surface area contributed by atoms with Crippen LogP contribution >= 0.6 is 0 Å². The van der Waals surface area contributed by atoms with E-state index in [4.69, 9.17) is 0 Å². The molecule has 0 amide bonds. The molecule has 0 fully saturated rings. The van der Waals surface area contributed by atoms with Crippen molar-refractivity contribution in [2.45, 2.75) is 26.2 Å². The molecular formula is C18H17FN4O. The standard InChI is InChI=1S/C18H17FN4O/c1-11-2-4-12(5-3-11)9-21-23-10-20-16-14-8-13(19)6-7-15(14)22-17(16)18(23)24/h2,6-10,12,22H,3-5H2,1H3. The molecular weight excluding hydrogens is 307 g/mol. The summed E-state index contributed by atoms with van der Waals surface area (Å²) in [6.45, 7) is 2.13. The van der Waals surface area contributed by atoms with Crippen molar-refractivity contribution in [3.05, 3.63) is 52.3 Å². The molecule has 0 radical (unpaired) electrons. The fraction of sp³-hybridized carbons (Fsp3) is 0.278. The number of hydrogen-bond acceptors (Lipinski definition) is 3. The van der Waals surface area contributed by atoms with Gasteiger partial charge < -0.3 is 4.98 Å². The number of nitrogens with one attached hydrogen (secondary N) is 1. The Morgan fingerprint density at radius 1 is 1.46 bits per heavy atom. The molecule has 1 aromatic carbocycles. The number of benzene rings is 1. The second-order valence-corrected chi connectivity index (χ2v) is 6.28. The van der Waals surface area contributed by atoms with Crippen LogP contribution in [0.3, 0.4) is 0 Å². The van der Waals surface area contributed by atoms with Gasteiger partial charge in [-0.2, -0.15) is 9.78 Å². The van der Waals surface area contributed by atoms with Crippen molar-refractivity contribution in [2.75, 3.05) is 0 Å². The van der Waals surface area contributed by atoms with Crippen LogP contribution in [-0.4, -0.2) is 20.9 Å². The molecule has 2 heterocycles. The highest BCUT2D eigenvalue weighted by molar-refractivity contribution is 6.04. The fourth-order valence-electron chi connectivity index (χ4n) is 3.09. The monoisotopic (exact) mass is 324 g/mol. The van der Waals surface area contributed by atoms with Crippen LogP contribution in [-0.2, 0) is 0 Å². The molecule has 3 aromatic rings. The Hall–Kier alpha value is -2.76. The summed E-state index contributed by atoms with van der Waals surface area (Å²) in [7, 11) is 0. The number of halogens is 1. The summed E-state index contributed by atoms with van der Waals surface area (Å²) in [4.78, 5) is 19.9. The second-order valence-electron chi connectivity index (χ2n) is 6.28. The summed E-state index contributed by atoms with van der Waals surface area (Å²) in [6, 6.07) is 4.34. The number of H-pyrrole nitrogens is 1. The molecule has 1 N–H and O–H groups in total. The number of aromatic nitrogens is 3. The lowest BCUT2D eigenvalue weighted by Gasteiger charge is -2.15. The molecule has 5 nitrogen and oxygen atoms in total. The summed E-state index contributed by atoms with van der Waals surface area (Å²) >= 11 is 0. The first kappa shape index (κ1) is 14.8. The lowest BCUT2D eigenvalue weighted by Crippen LogP contribution is -2.18. The fourth-order valence-corrected chi connectivity index (χ4v) is 3.09. The van der Waals surface area contributed by atoms with E-state index >= 15 is 0 Å². The van der Waals surface area contributed by atoms with Crippen molar-refractivity contribution < 1.29 is 4.39 Å². The van der Waals surface area contributed by atoms with E-state index in [0.717, 1.165) is 19.3 Å². The van der Waals surface area contributed by atoms with Gasteiger partial charge in [0.15, 0.2) is 0 Å². The van der Waals surface area contributed by atoms with Crippen LogP contribution in [0.5, 0.6) is 0 Å². The number of hydrogen-bond donors (Lipinski definition) is 1. The van der Waals surface area contributed by atoms with E-state index in [2.05, 4.69) is 28.1 Å². The van der Waals surface area contributed by atoms with Crippen molar-refractivity contribution in [1.82, 2.24) is 14.6 Å². The molecule has 1 aliphatic rings. The molecule has 0 spiro atoms. The highest BCUT2D eigenvalue weighted by atomic mass is 19.1. The Kier molecular flexibility index (Phi) is 3.52. The molecule has 1 aliphatic carbocycles. The molecule has 6 heteroatoms. The van der Waals surface area contributed by atoms with Gasteiger partial charge in [0.05, 0.1) is 0 Å². The number of rotatable bonds is 2. The molecule has 4 rings (SSSR count). The van der Waals surface area contributed by atoms with Crippen LogP contribution in [0.2, 0.25) is 0 Å². The third-order valence-corrected chi connectivity index (χ3v) is 4.53. The first-order chi connectivity index (χ1) is 11.6. The SMILES string of the molecule is CC1=CCC(C=Nn2cnc3c([nH]c4ccc(F)cc43)c2=O)CC1. The average Bonchev–Trinajstić information content (AvgIpc) is 2.95. The Bertz CT molecular complexity index is 1040. The summed E-state index contributed by atoms with van der Waals surface area (Å²) in [5.41, 5.74) is 2.62. The molecule has 1 atom stereocenters.